The minimum Gasteiger partial charge on any atom is -0.459 e. The van der Waals surface area contributed by atoms with Crippen LogP contribution >= 0.6 is 0 Å². The van der Waals surface area contributed by atoms with Gasteiger partial charge in [0, 0.05) is 18.2 Å². The van der Waals surface area contributed by atoms with Crippen LogP contribution in [0.5, 0.6) is 0 Å². The van der Waals surface area contributed by atoms with Gasteiger partial charge in [0.1, 0.15) is 17.7 Å². The number of furan rings is 1. The van der Waals surface area contributed by atoms with Gasteiger partial charge in [0.15, 0.2) is 5.76 Å². The molecule has 1 aromatic heterocycles. The summed E-state index contributed by atoms with van der Waals surface area (Å²) in [5.41, 5.74) is 0.568. The molecule has 1 atom stereocenters. The lowest BCUT2D eigenvalue weighted by molar-refractivity contribution is -0.141. The Bertz CT molecular complexity index is 1190. The molecular formula is C27H27F2N3O4. The quantitative estimate of drug-likeness (QED) is 0.467. The van der Waals surface area contributed by atoms with Crippen molar-refractivity contribution in [1.29, 1.82) is 0 Å². The number of carbonyl (C=O) groups is 3. The minimum absolute atomic E-state index is 0.0255. The summed E-state index contributed by atoms with van der Waals surface area (Å²) in [6.07, 6.45) is 4.90. The van der Waals surface area contributed by atoms with Crippen molar-refractivity contribution in [2.45, 2.75) is 44.3 Å². The van der Waals surface area contributed by atoms with Crippen molar-refractivity contribution in [1.82, 2.24) is 15.5 Å². The number of hydrogen-bond donors (Lipinski definition) is 2. The number of rotatable bonds is 9. The van der Waals surface area contributed by atoms with Crippen LogP contribution in [0.25, 0.3) is 0 Å². The van der Waals surface area contributed by atoms with E-state index in [4.69, 9.17) is 4.42 Å². The van der Waals surface area contributed by atoms with Gasteiger partial charge in [0.05, 0.1) is 12.8 Å². The van der Waals surface area contributed by atoms with Crippen molar-refractivity contribution in [2.24, 2.45) is 0 Å². The maximum atomic E-state index is 15.0. The largest absolute Gasteiger partial charge is 0.459 e. The van der Waals surface area contributed by atoms with Crippen LogP contribution in [-0.4, -0.2) is 35.2 Å². The Hall–Kier alpha value is -4.01. The second-order valence-electron chi connectivity index (χ2n) is 8.72. The molecule has 188 valence electrons. The predicted octanol–water partition coefficient (Wildman–Crippen LogP) is 4.12. The molecular weight excluding hydrogens is 468 g/mol. The maximum Gasteiger partial charge on any atom is 0.287 e. The van der Waals surface area contributed by atoms with E-state index in [9.17, 15) is 23.2 Å². The van der Waals surface area contributed by atoms with Crippen molar-refractivity contribution < 1.29 is 27.6 Å². The molecule has 1 aliphatic rings. The topological polar surface area (TPSA) is 91.7 Å². The molecule has 1 saturated carbocycles. The van der Waals surface area contributed by atoms with E-state index in [0.717, 1.165) is 25.7 Å². The van der Waals surface area contributed by atoms with Crippen molar-refractivity contribution in [3.8, 4) is 0 Å². The van der Waals surface area contributed by atoms with E-state index in [1.54, 1.807) is 12.1 Å². The van der Waals surface area contributed by atoms with E-state index < -0.39 is 41.9 Å². The standard InChI is InChI=1S/C27H27F2N3O4/c28-19-13-11-18(12-14-19)17-32(24(33)16-30-26(34)23-10-5-15-36-23)25(21-8-3-4-9-22(21)29)27(35)31-20-6-1-2-7-20/h3-5,8-15,20,25H,1-2,6-7,16-17H2,(H,30,34)(H,31,35)/t25-/m1/s1. The minimum atomic E-state index is -1.30. The van der Waals surface area contributed by atoms with Crippen LogP contribution in [0.1, 0.15) is 53.4 Å². The molecule has 0 bridgehead atoms. The molecule has 0 radical (unpaired) electrons. The van der Waals surface area contributed by atoms with Gasteiger partial charge in [-0.15, -0.1) is 0 Å². The van der Waals surface area contributed by atoms with E-state index in [1.165, 1.54) is 59.7 Å². The summed E-state index contributed by atoms with van der Waals surface area (Å²) in [6.45, 7) is -0.560. The SMILES string of the molecule is O=C(NCC(=O)N(Cc1ccc(F)cc1)[C@@H](C(=O)NC1CCCC1)c1ccccc1F)c1ccco1. The second-order valence-corrected chi connectivity index (χ2v) is 8.72. The molecule has 2 N–H and O–H groups in total. The molecule has 1 heterocycles. The van der Waals surface area contributed by atoms with Crippen LogP contribution in [-0.2, 0) is 16.1 Å². The molecule has 4 rings (SSSR count). The van der Waals surface area contributed by atoms with E-state index in [-0.39, 0.29) is 23.9 Å². The maximum absolute atomic E-state index is 15.0. The molecule has 2 aromatic carbocycles. The second kappa shape index (κ2) is 11.6. The molecule has 3 amide bonds. The average molecular weight is 496 g/mol. The van der Waals surface area contributed by atoms with Crippen molar-refractivity contribution in [3.05, 3.63) is 95.4 Å². The van der Waals surface area contributed by atoms with E-state index in [0.29, 0.717) is 5.56 Å². The van der Waals surface area contributed by atoms with Crippen molar-refractivity contribution in [2.75, 3.05) is 6.54 Å². The lowest BCUT2D eigenvalue weighted by Crippen LogP contribution is -2.48. The van der Waals surface area contributed by atoms with Crippen LogP contribution in [0.4, 0.5) is 8.78 Å². The Labute approximate surface area is 207 Å². The van der Waals surface area contributed by atoms with Crippen LogP contribution in [0.15, 0.2) is 71.3 Å². The normalized spacial score (nSPS) is 14.3. The zero-order valence-corrected chi connectivity index (χ0v) is 19.6. The summed E-state index contributed by atoms with van der Waals surface area (Å²) in [6, 6.07) is 12.9. The van der Waals surface area contributed by atoms with Crippen LogP contribution in [0.2, 0.25) is 0 Å². The molecule has 0 aliphatic heterocycles. The summed E-state index contributed by atoms with van der Waals surface area (Å²) in [4.78, 5) is 40.5. The van der Waals surface area contributed by atoms with Crippen LogP contribution in [0.3, 0.4) is 0 Å². The molecule has 7 nitrogen and oxygen atoms in total. The average Bonchev–Trinajstić information content (AvgIpc) is 3.59. The third-order valence-electron chi connectivity index (χ3n) is 6.19. The predicted molar refractivity (Wildman–Crippen MR) is 128 cm³/mol. The van der Waals surface area contributed by atoms with E-state index >= 15 is 0 Å². The first-order chi connectivity index (χ1) is 17.4. The highest BCUT2D eigenvalue weighted by Crippen LogP contribution is 2.28. The third kappa shape index (κ3) is 6.16. The van der Waals surface area contributed by atoms with Gasteiger partial charge in [0.25, 0.3) is 5.91 Å². The van der Waals surface area contributed by atoms with Gasteiger partial charge in [0.2, 0.25) is 11.8 Å². The number of amides is 3. The Morgan fingerprint density at radius 2 is 1.69 bits per heavy atom. The first kappa shape index (κ1) is 25.1. The lowest BCUT2D eigenvalue weighted by atomic mass is 10.0. The highest BCUT2D eigenvalue weighted by Gasteiger charge is 2.35. The molecule has 0 spiro atoms. The Balaban J connectivity index is 1.65. The number of hydrogen-bond acceptors (Lipinski definition) is 4. The van der Waals surface area contributed by atoms with E-state index in [2.05, 4.69) is 10.6 Å². The Kier molecular flexibility index (Phi) is 8.10. The monoisotopic (exact) mass is 495 g/mol. The molecule has 9 heteroatoms. The summed E-state index contributed by atoms with van der Waals surface area (Å²) in [5.74, 6) is -2.80. The Morgan fingerprint density at radius 1 is 0.972 bits per heavy atom. The molecule has 0 saturated heterocycles. The Morgan fingerprint density at radius 3 is 2.36 bits per heavy atom. The van der Waals surface area contributed by atoms with Gasteiger partial charge in [-0.25, -0.2) is 8.78 Å². The van der Waals surface area contributed by atoms with Crippen LogP contribution < -0.4 is 10.6 Å². The van der Waals surface area contributed by atoms with Gasteiger partial charge in [-0.3, -0.25) is 14.4 Å². The third-order valence-corrected chi connectivity index (χ3v) is 6.19. The first-order valence-electron chi connectivity index (χ1n) is 11.8. The smallest absolute Gasteiger partial charge is 0.287 e. The zero-order chi connectivity index (χ0) is 25.5. The fourth-order valence-electron chi connectivity index (χ4n) is 4.36. The molecule has 0 unspecified atom stereocenters. The van der Waals surface area contributed by atoms with Gasteiger partial charge >= 0.3 is 0 Å². The summed E-state index contributed by atoms with van der Waals surface area (Å²) < 4.78 is 33.5. The number of halogens is 2. The van der Waals surface area contributed by atoms with Crippen LogP contribution in [0, 0.1) is 11.6 Å². The molecule has 36 heavy (non-hydrogen) atoms. The zero-order valence-electron chi connectivity index (χ0n) is 19.6. The fourth-order valence-corrected chi connectivity index (χ4v) is 4.36. The van der Waals surface area contributed by atoms with Gasteiger partial charge in [-0.1, -0.05) is 43.2 Å². The van der Waals surface area contributed by atoms with Gasteiger partial charge in [-0.05, 0) is 48.7 Å². The highest BCUT2D eigenvalue weighted by atomic mass is 19.1. The number of carbonyl (C=O) groups excluding carboxylic acids is 3. The van der Waals surface area contributed by atoms with Gasteiger partial charge < -0.3 is 20.0 Å². The first-order valence-corrected chi connectivity index (χ1v) is 11.8. The lowest BCUT2D eigenvalue weighted by Gasteiger charge is -2.32. The number of nitrogens with one attached hydrogen (secondary N) is 2. The molecule has 1 aliphatic carbocycles. The fraction of sp³-hybridized carbons (Fsp3) is 0.296. The van der Waals surface area contributed by atoms with Crippen molar-refractivity contribution >= 4 is 17.7 Å². The summed E-state index contributed by atoms with van der Waals surface area (Å²) in [5, 5.41) is 5.44. The van der Waals surface area contributed by atoms with E-state index in [1.807, 2.05) is 0 Å². The molecule has 1 fully saturated rings. The summed E-state index contributed by atoms with van der Waals surface area (Å²) in [7, 11) is 0. The van der Waals surface area contributed by atoms with Crippen molar-refractivity contribution in [3.63, 3.8) is 0 Å². The number of nitrogens with zero attached hydrogens (tertiary/aromatic N) is 1. The number of benzene rings is 2. The van der Waals surface area contributed by atoms with Gasteiger partial charge in [-0.2, -0.15) is 0 Å². The summed E-state index contributed by atoms with van der Waals surface area (Å²) >= 11 is 0. The highest BCUT2D eigenvalue weighted by molar-refractivity contribution is 5.95. The molecule has 3 aromatic rings.